The van der Waals surface area contributed by atoms with E-state index >= 15 is 0 Å². The number of aliphatic imine (C=N–C) groups is 1. The molecule has 28 heavy (non-hydrogen) atoms. The summed E-state index contributed by atoms with van der Waals surface area (Å²) in [5.41, 5.74) is 0.655. The number of amides is 2. The molecule has 0 aliphatic carbocycles. The molecule has 1 saturated heterocycles. The molecular formula is C21H23N3O3S. The molecule has 0 unspecified atom stereocenters. The molecule has 2 N–H and O–H groups in total. The van der Waals surface area contributed by atoms with Gasteiger partial charge in [0.25, 0.3) is 0 Å². The Hall–Kier alpha value is -2.80. The maximum Gasteiger partial charge on any atom is 0.240 e. The molecule has 7 heteroatoms. The monoisotopic (exact) mass is 397 g/mol. The number of benzene rings is 2. The Morgan fingerprint density at radius 3 is 2.50 bits per heavy atom. The molecule has 1 heterocycles. The summed E-state index contributed by atoms with van der Waals surface area (Å²) in [5, 5.41) is 5.70. The quantitative estimate of drug-likeness (QED) is 0.739. The third-order valence-corrected chi connectivity index (χ3v) is 4.98. The van der Waals surface area contributed by atoms with Gasteiger partial charge < -0.3 is 15.4 Å². The largest absolute Gasteiger partial charge is 0.457 e. The highest BCUT2D eigenvalue weighted by molar-refractivity contribution is 8.15. The average Bonchev–Trinajstić information content (AvgIpc) is 3.02. The van der Waals surface area contributed by atoms with Crippen molar-refractivity contribution in [3.8, 4) is 11.5 Å². The number of carbonyl (C=O) groups is 2. The Morgan fingerprint density at radius 2 is 1.82 bits per heavy atom. The Balaban J connectivity index is 1.51. The van der Waals surface area contributed by atoms with Gasteiger partial charge in [0.05, 0.1) is 0 Å². The minimum Gasteiger partial charge on any atom is -0.457 e. The standard InChI is InChI=1S/C21H23N3O3S/c1-14(2)13-22-21-24-20(26)18(28-21)12-19(25)23-15-8-10-17(11-9-15)27-16-6-4-3-5-7-16/h3-11,14,18H,12-13H2,1-2H3,(H,23,25)(H,22,24,26)/t18-/m1/s1. The molecule has 2 aromatic rings. The number of nitrogens with zero attached hydrogens (tertiary/aromatic N) is 1. The zero-order chi connectivity index (χ0) is 19.9. The van der Waals surface area contributed by atoms with E-state index in [1.165, 1.54) is 11.8 Å². The topological polar surface area (TPSA) is 79.8 Å². The number of carbonyl (C=O) groups excluding carboxylic acids is 2. The zero-order valence-electron chi connectivity index (χ0n) is 15.8. The van der Waals surface area contributed by atoms with E-state index in [2.05, 4.69) is 29.5 Å². The molecule has 2 amide bonds. The summed E-state index contributed by atoms with van der Waals surface area (Å²) in [7, 11) is 0. The molecule has 1 aliphatic heterocycles. The molecule has 2 aromatic carbocycles. The summed E-state index contributed by atoms with van der Waals surface area (Å²) in [5.74, 6) is 1.46. The number of anilines is 1. The summed E-state index contributed by atoms with van der Waals surface area (Å²) < 4.78 is 5.73. The Labute approximate surface area is 168 Å². The maximum absolute atomic E-state index is 12.3. The molecule has 3 rings (SSSR count). The molecule has 1 fully saturated rings. The fourth-order valence-electron chi connectivity index (χ4n) is 2.49. The normalized spacial score (nSPS) is 17.6. The third kappa shape index (κ3) is 5.85. The van der Waals surface area contributed by atoms with Crippen LogP contribution in [0.5, 0.6) is 11.5 Å². The smallest absolute Gasteiger partial charge is 0.240 e. The average molecular weight is 398 g/mol. The molecular weight excluding hydrogens is 374 g/mol. The molecule has 0 aromatic heterocycles. The van der Waals surface area contributed by atoms with Crippen molar-refractivity contribution >= 4 is 34.4 Å². The summed E-state index contributed by atoms with van der Waals surface area (Å²) >= 11 is 1.31. The van der Waals surface area contributed by atoms with Crippen LogP contribution in [0.1, 0.15) is 20.3 Å². The van der Waals surface area contributed by atoms with Crippen LogP contribution in [0, 0.1) is 5.92 Å². The summed E-state index contributed by atoms with van der Waals surface area (Å²) in [6.07, 6.45) is 0.0967. The van der Waals surface area contributed by atoms with Crippen LogP contribution in [-0.2, 0) is 9.59 Å². The van der Waals surface area contributed by atoms with Crippen molar-refractivity contribution in [2.75, 3.05) is 11.9 Å². The number of para-hydroxylation sites is 1. The van der Waals surface area contributed by atoms with E-state index < -0.39 is 5.25 Å². The van der Waals surface area contributed by atoms with Gasteiger partial charge in [0.15, 0.2) is 5.17 Å². The van der Waals surface area contributed by atoms with Crippen LogP contribution < -0.4 is 15.4 Å². The van der Waals surface area contributed by atoms with E-state index in [1.807, 2.05) is 30.3 Å². The van der Waals surface area contributed by atoms with Gasteiger partial charge in [-0.3, -0.25) is 14.6 Å². The number of ether oxygens (including phenoxy) is 1. The Kier molecular flexibility index (Phi) is 6.71. The van der Waals surface area contributed by atoms with E-state index in [4.69, 9.17) is 4.74 Å². The van der Waals surface area contributed by atoms with Crippen LogP contribution in [0.3, 0.4) is 0 Å². The van der Waals surface area contributed by atoms with Crippen LogP contribution in [-0.4, -0.2) is 28.8 Å². The minimum absolute atomic E-state index is 0.0967. The molecule has 146 valence electrons. The van der Waals surface area contributed by atoms with Crippen LogP contribution in [0.25, 0.3) is 0 Å². The third-order valence-electron chi connectivity index (χ3n) is 3.86. The zero-order valence-corrected chi connectivity index (χ0v) is 16.7. The van der Waals surface area contributed by atoms with Crippen LogP contribution in [0.15, 0.2) is 59.6 Å². The first-order valence-corrected chi connectivity index (χ1v) is 10.0. The van der Waals surface area contributed by atoms with Gasteiger partial charge in [0.2, 0.25) is 11.8 Å². The number of thioether (sulfide) groups is 1. The number of hydrogen-bond acceptors (Lipinski definition) is 5. The van der Waals surface area contributed by atoms with Gasteiger partial charge in [0, 0.05) is 18.7 Å². The minimum atomic E-state index is -0.452. The van der Waals surface area contributed by atoms with Gasteiger partial charge in [0.1, 0.15) is 16.7 Å². The van der Waals surface area contributed by atoms with Crippen molar-refractivity contribution < 1.29 is 14.3 Å². The molecule has 1 atom stereocenters. The summed E-state index contributed by atoms with van der Waals surface area (Å²) in [6, 6.07) is 16.6. The highest BCUT2D eigenvalue weighted by atomic mass is 32.2. The molecule has 1 aliphatic rings. The molecule has 0 radical (unpaired) electrons. The number of rotatable bonds is 7. The van der Waals surface area contributed by atoms with Crippen molar-refractivity contribution in [3.05, 3.63) is 54.6 Å². The second-order valence-electron chi connectivity index (χ2n) is 6.83. The summed E-state index contributed by atoms with van der Waals surface area (Å²) in [4.78, 5) is 28.7. The number of amidine groups is 1. The van der Waals surface area contributed by atoms with Gasteiger partial charge in [-0.15, -0.1) is 0 Å². The summed E-state index contributed by atoms with van der Waals surface area (Å²) in [6.45, 7) is 4.78. The number of nitrogens with one attached hydrogen (secondary N) is 2. The van der Waals surface area contributed by atoms with Crippen molar-refractivity contribution in [3.63, 3.8) is 0 Å². The van der Waals surface area contributed by atoms with Crippen molar-refractivity contribution in [2.24, 2.45) is 10.9 Å². The van der Waals surface area contributed by atoms with Crippen molar-refractivity contribution in [1.29, 1.82) is 0 Å². The first-order chi connectivity index (χ1) is 13.5. The van der Waals surface area contributed by atoms with Crippen molar-refractivity contribution in [2.45, 2.75) is 25.5 Å². The highest BCUT2D eigenvalue weighted by Crippen LogP contribution is 2.25. The first-order valence-electron chi connectivity index (χ1n) is 9.14. The first kappa shape index (κ1) is 19.9. The Bertz CT molecular complexity index is 851. The van der Waals surface area contributed by atoms with Crippen LogP contribution in [0.4, 0.5) is 5.69 Å². The SMILES string of the molecule is CC(C)CN=C1NC(=O)[C@@H](CC(=O)Nc2ccc(Oc3ccccc3)cc2)S1. The second kappa shape index (κ2) is 9.41. The van der Waals surface area contributed by atoms with E-state index in [0.717, 1.165) is 5.75 Å². The van der Waals surface area contributed by atoms with E-state index in [9.17, 15) is 9.59 Å². The molecule has 0 spiro atoms. The second-order valence-corrected chi connectivity index (χ2v) is 8.02. The van der Waals surface area contributed by atoms with E-state index in [-0.39, 0.29) is 18.2 Å². The van der Waals surface area contributed by atoms with Gasteiger partial charge in [-0.05, 0) is 42.3 Å². The van der Waals surface area contributed by atoms with E-state index in [1.54, 1.807) is 24.3 Å². The van der Waals surface area contributed by atoms with Gasteiger partial charge in [-0.1, -0.05) is 43.8 Å². The van der Waals surface area contributed by atoms with Gasteiger partial charge in [-0.2, -0.15) is 0 Å². The lowest BCUT2D eigenvalue weighted by molar-refractivity contribution is -0.122. The maximum atomic E-state index is 12.3. The fraction of sp³-hybridized carbons (Fsp3) is 0.286. The lowest BCUT2D eigenvalue weighted by Gasteiger charge is -2.09. The van der Waals surface area contributed by atoms with Crippen LogP contribution >= 0.6 is 11.8 Å². The van der Waals surface area contributed by atoms with Gasteiger partial charge in [-0.25, -0.2) is 0 Å². The predicted molar refractivity (Wildman–Crippen MR) is 113 cm³/mol. The van der Waals surface area contributed by atoms with E-state index in [0.29, 0.717) is 29.1 Å². The molecule has 0 saturated carbocycles. The lowest BCUT2D eigenvalue weighted by atomic mass is 10.2. The lowest BCUT2D eigenvalue weighted by Crippen LogP contribution is -2.28. The van der Waals surface area contributed by atoms with Crippen molar-refractivity contribution in [1.82, 2.24) is 5.32 Å². The molecule has 0 bridgehead atoms. The molecule has 6 nitrogen and oxygen atoms in total. The number of hydrogen-bond donors (Lipinski definition) is 2. The van der Waals surface area contributed by atoms with Crippen LogP contribution in [0.2, 0.25) is 0 Å². The Morgan fingerprint density at radius 1 is 1.14 bits per heavy atom. The predicted octanol–water partition coefficient (Wildman–Crippen LogP) is 4.05. The van der Waals surface area contributed by atoms with Gasteiger partial charge >= 0.3 is 0 Å². The highest BCUT2D eigenvalue weighted by Gasteiger charge is 2.31. The fourth-order valence-corrected chi connectivity index (χ4v) is 3.47.